The van der Waals surface area contributed by atoms with Gasteiger partial charge in [0.25, 0.3) is 0 Å². The van der Waals surface area contributed by atoms with E-state index in [-0.39, 0.29) is 11.2 Å². The zero-order chi connectivity index (χ0) is 11.0. The van der Waals surface area contributed by atoms with Crippen LogP contribution in [0.15, 0.2) is 10.6 Å². The van der Waals surface area contributed by atoms with Crippen LogP contribution in [-0.2, 0) is 20.2 Å². The summed E-state index contributed by atoms with van der Waals surface area (Å²) in [5.41, 5.74) is 0.159. The Balaban J connectivity index is 2.90. The summed E-state index contributed by atoms with van der Waals surface area (Å²) in [5, 5.41) is 3.63. The molecule has 0 aliphatic carbocycles. The first kappa shape index (κ1) is 11.5. The lowest BCUT2D eigenvalue weighted by molar-refractivity contribution is 0.327. The topological polar surface area (TPSA) is 60.2 Å². The number of nitrogens with zero attached hydrogens (tertiary/aromatic N) is 1. The molecule has 0 N–H and O–H groups in total. The van der Waals surface area contributed by atoms with Crippen LogP contribution in [0.2, 0.25) is 0 Å². The molecule has 0 saturated carbocycles. The van der Waals surface area contributed by atoms with Gasteiger partial charge in [-0.05, 0) is 0 Å². The third kappa shape index (κ3) is 3.31. The largest absolute Gasteiger partial charge is 0.361 e. The molecule has 0 spiro atoms. The number of hydrogen-bond donors (Lipinski definition) is 0. The Bertz CT molecular complexity index is 416. The summed E-state index contributed by atoms with van der Waals surface area (Å²) in [5.74, 6) is 0.349. The maximum absolute atomic E-state index is 10.7. The molecule has 0 saturated heterocycles. The van der Waals surface area contributed by atoms with Crippen molar-refractivity contribution in [2.24, 2.45) is 0 Å². The van der Waals surface area contributed by atoms with Gasteiger partial charge in [-0.25, -0.2) is 8.42 Å². The number of aromatic nitrogens is 1. The van der Waals surface area contributed by atoms with Crippen LogP contribution in [0.1, 0.15) is 32.2 Å². The van der Waals surface area contributed by atoms with Gasteiger partial charge in [0.15, 0.2) is 0 Å². The van der Waals surface area contributed by atoms with Crippen molar-refractivity contribution in [1.29, 1.82) is 0 Å². The third-order valence-corrected chi connectivity index (χ3v) is 2.59. The highest BCUT2D eigenvalue weighted by molar-refractivity contribution is 8.13. The third-order valence-electron chi connectivity index (χ3n) is 1.62. The number of rotatable bonds is 2. The van der Waals surface area contributed by atoms with Crippen molar-refractivity contribution in [2.75, 3.05) is 0 Å². The van der Waals surface area contributed by atoms with Crippen LogP contribution >= 0.6 is 10.7 Å². The molecule has 1 aromatic heterocycles. The van der Waals surface area contributed by atoms with E-state index in [1.807, 2.05) is 20.8 Å². The summed E-state index contributed by atoms with van der Waals surface area (Å²) in [6, 6.07) is 1.61. The standard InChI is InChI=1S/C8H12ClNO3S/c1-8(2,3)7-4-6(10-13-7)5-14(9,11)12/h4H,5H2,1-3H3. The molecule has 14 heavy (non-hydrogen) atoms. The van der Waals surface area contributed by atoms with Crippen LogP contribution < -0.4 is 0 Å². The fourth-order valence-electron chi connectivity index (χ4n) is 0.910. The van der Waals surface area contributed by atoms with Crippen molar-refractivity contribution in [3.05, 3.63) is 17.5 Å². The second-order valence-electron chi connectivity index (χ2n) is 4.12. The average molecular weight is 238 g/mol. The molecule has 0 fully saturated rings. The highest BCUT2D eigenvalue weighted by atomic mass is 35.7. The van der Waals surface area contributed by atoms with Gasteiger partial charge >= 0.3 is 0 Å². The van der Waals surface area contributed by atoms with Crippen LogP contribution in [0.4, 0.5) is 0 Å². The minimum Gasteiger partial charge on any atom is -0.361 e. The minimum absolute atomic E-state index is 0.179. The van der Waals surface area contributed by atoms with Crippen LogP contribution in [0.5, 0.6) is 0 Å². The zero-order valence-electron chi connectivity index (χ0n) is 8.24. The molecule has 0 unspecified atom stereocenters. The molecule has 0 aromatic carbocycles. The molecule has 1 aromatic rings. The van der Waals surface area contributed by atoms with E-state index in [4.69, 9.17) is 15.2 Å². The Labute approximate surface area is 87.7 Å². The van der Waals surface area contributed by atoms with E-state index in [9.17, 15) is 8.42 Å². The van der Waals surface area contributed by atoms with Crippen LogP contribution in [0.3, 0.4) is 0 Å². The van der Waals surface area contributed by atoms with E-state index in [2.05, 4.69) is 5.16 Å². The highest BCUT2D eigenvalue weighted by Gasteiger charge is 2.21. The molecular formula is C8H12ClNO3S. The van der Waals surface area contributed by atoms with E-state index in [1.54, 1.807) is 6.07 Å². The number of halogens is 1. The van der Waals surface area contributed by atoms with Gasteiger partial charge in [-0.1, -0.05) is 25.9 Å². The Kier molecular flexibility index (Phi) is 2.92. The molecule has 0 amide bonds. The van der Waals surface area contributed by atoms with E-state index < -0.39 is 9.05 Å². The van der Waals surface area contributed by atoms with Gasteiger partial charge in [-0.3, -0.25) is 0 Å². The fraction of sp³-hybridized carbons (Fsp3) is 0.625. The van der Waals surface area contributed by atoms with Gasteiger partial charge in [-0.15, -0.1) is 0 Å². The summed E-state index contributed by atoms with van der Waals surface area (Å²) in [6.45, 7) is 5.85. The van der Waals surface area contributed by atoms with Crippen molar-refractivity contribution in [3.63, 3.8) is 0 Å². The van der Waals surface area contributed by atoms with Gasteiger partial charge in [0, 0.05) is 22.2 Å². The summed E-state index contributed by atoms with van der Waals surface area (Å²) in [4.78, 5) is 0. The minimum atomic E-state index is -3.56. The summed E-state index contributed by atoms with van der Waals surface area (Å²) >= 11 is 0. The second kappa shape index (κ2) is 3.55. The lowest BCUT2D eigenvalue weighted by Gasteiger charge is -2.12. The molecule has 1 rings (SSSR count). The lowest BCUT2D eigenvalue weighted by atomic mass is 9.93. The normalized spacial score (nSPS) is 13.1. The summed E-state index contributed by atoms with van der Waals surface area (Å²) in [7, 11) is 1.52. The Morgan fingerprint density at radius 3 is 2.43 bits per heavy atom. The van der Waals surface area contributed by atoms with Crippen LogP contribution in [0.25, 0.3) is 0 Å². The zero-order valence-corrected chi connectivity index (χ0v) is 9.82. The predicted molar refractivity (Wildman–Crippen MR) is 53.7 cm³/mol. The lowest BCUT2D eigenvalue weighted by Crippen LogP contribution is -2.09. The fourth-order valence-corrected chi connectivity index (χ4v) is 1.73. The van der Waals surface area contributed by atoms with Crippen molar-refractivity contribution in [2.45, 2.75) is 31.9 Å². The quantitative estimate of drug-likeness (QED) is 0.739. The Morgan fingerprint density at radius 1 is 1.50 bits per heavy atom. The van der Waals surface area contributed by atoms with E-state index in [0.29, 0.717) is 11.5 Å². The van der Waals surface area contributed by atoms with Gasteiger partial charge < -0.3 is 4.52 Å². The molecule has 0 aliphatic heterocycles. The maximum atomic E-state index is 10.7. The second-order valence-corrected chi connectivity index (χ2v) is 6.89. The van der Waals surface area contributed by atoms with Gasteiger partial charge in [0.2, 0.25) is 9.05 Å². The first-order valence-electron chi connectivity index (χ1n) is 4.07. The smallest absolute Gasteiger partial charge is 0.238 e. The van der Waals surface area contributed by atoms with Crippen LogP contribution in [0, 0.1) is 0 Å². The van der Waals surface area contributed by atoms with Crippen molar-refractivity contribution in [3.8, 4) is 0 Å². The molecule has 0 bridgehead atoms. The average Bonchev–Trinajstić information content (AvgIpc) is 2.29. The first-order chi connectivity index (χ1) is 6.18. The molecule has 0 radical (unpaired) electrons. The van der Waals surface area contributed by atoms with Crippen molar-refractivity contribution in [1.82, 2.24) is 5.16 Å². The molecular weight excluding hydrogens is 226 g/mol. The first-order valence-corrected chi connectivity index (χ1v) is 6.55. The van der Waals surface area contributed by atoms with Crippen molar-refractivity contribution >= 4 is 19.7 Å². The Hall–Kier alpha value is -0.550. The molecule has 0 aliphatic rings. The SMILES string of the molecule is CC(C)(C)c1cc(CS(=O)(=O)Cl)no1. The van der Waals surface area contributed by atoms with Gasteiger partial charge in [-0.2, -0.15) is 0 Å². The highest BCUT2D eigenvalue weighted by Crippen LogP contribution is 2.23. The maximum Gasteiger partial charge on any atom is 0.238 e. The van der Waals surface area contributed by atoms with Gasteiger partial charge in [0.05, 0.1) is 0 Å². The predicted octanol–water partition coefficient (Wildman–Crippen LogP) is 2.04. The monoisotopic (exact) mass is 237 g/mol. The Morgan fingerprint density at radius 2 is 2.07 bits per heavy atom. The molecule has 0 atom stereocenters. The van der Waals surface area contributed by atoms with E-state index in [0.717, 1.165) is 0 Å². The van der Waals surface area contributed by atoms with E-state index >= 15 is 0 Å². The number of hydrogen-bond acceptors (Lipinski definition) is 4. The molecule has 6 heteroatoms. The molecule has 1 heterocycles. The van der Waals surface area contributed by atoms with Gasteiger partial charge in [0.1, 0.15) is 17.2 Å². The van der Waals surface area contributed by atoms with Crippen molar-refractivity contribution < 1.29 is 12.9 Å². The van der Waals surface area contributed by atoms with E-state index in [1.165, 1.54) is 0 Å². The molecule has 4 nitrogen and oxygen atoms in total. The summed E-state index contributed by atoms with van der Waals surface area (Å²) < 4.78 is 26.5. The summed E-state index contributed by atoms with van der Waals surface area (Å²) in [6.07, 6.45) is 0. The van der Waals surface area contributed by atoms with Crippen LogP contribution in [-0.4, -0.2) is 13.6 Å². The molecule has 80 valence electrons.